The summed E-state index contributed by atoms with van der Waals surface area (Å²) in [4.78, 5) is 61.7. The molecule has 278 valence electrons. The first-order valence-corrected chi connectivity index (χ1v) is 19.4. The number of carbonyl (C=O) groups is 4. The molecule has 4 aliphatic rings. The topological polar surface area (TPSA) is 204 Å². The number of nitrogens with one attached hydrogen (secondary N) is 2. The normalized spacial score (nSPS) is 22.8. The van der Waals surface area contributed by atoms with E-state index in [4.69, 9.17) is 9.47 Å². The van der Waals surface area contributed by atoms with Crippen molar-refractivity contribution < 1.29 is 37.1 Å². The molecule has 2 aromatic carbocycles. The number of ether oxygens (including phenoxy) is 2. The maximum absolute atomic E-state index is 13.1. The minimum Gasteiger partial charge on any atom is -0.491 e. The van der Waals surface area contributed by atoms with E-state index in [-0.39, 0.29) is 55.6 Å². The van der Waals surface area contributed by atoms with Gasteiger partial charge in [-0.1, -0.05) is 0 Å². The number of fused-ring (bicyclic) bond motifs is 2. The molecule has 1 aromatic heterocycles. The Labute approximate surface area is 306 Å². The number of anilines is 1. The number of benzene rings is 2. The van der Waals surface area contributed by atoms with Crippen LogP contribution in [0, 0.1) is 11.3 Å². The van der Waals surface area contributed by atoms with Gasteiger partial charge < -0.3 is 14.8 Å². The van der Waals surface area contributed by atoms with Crippen molar-refractivity contribution in [2.75, 3.05) is 57.1 Å². The molecule has 3 aliphatic heterocycles. The van der Waals surface area contributed by atoms with Crippen molar-refractivity contribution in [2.45, 2.75) is 56.7 Å². The van der Waals surface area contributed by atoms with Gasteiger partial charge in [-0.25, -0.2) is 18.4 Å². The van der Waals surface area contributed by atoms with E-state index in [2.05, 4.69) is 31.6 Å². The fourth-order valence-electron chi connectivity index (χ4n) is 7.52. The van der Waals surface area contributed by atoms with E-state index >= 15 is 0 Å². The predicted octanol–water partition coefficient (Wildman–Crippen LogP) is 1.67. The smallest absolute Gasteiger partial charge is 0.262 e. The van der Waals surface area contributed by atoms with Crippen LogP contribution in [0.3, 0.4) is 0 Å². The van der Waals surface area contributed by atoms with Crippen LogP contribution in [0.15, 0.2) is 42.7 Å². The van der Waals surface area contributed by atoms with E-state index in [1.54, 1.807) is 12.1 Å². The molecule has 17 heteroatoms. The molecule has 1 saturated carbocycles. The van der Waals surface area contributed by atoms with Crippen LogP contribution in [0.2, 0.25) is 0 Å². The third-order valence-electron chi connectivity index (χ3n) is 10.4. The first kappa shape index (κ1) is 36.3. The van der Waals surface area contributed by atoms with Crippen molar-refractivity contribution in [1.82, 2.24) is 29.4 Å². The van der Waals surface area contributed by atoms with Gasteiger partial charge in [-0.15, -0.1) is 0 Å². The molecule has 2 N–H and O–H groups in total. The Balaban J connectivity index is 0.804. The van der Waals surface area contributed by atoms with Crippen LogP contribution >= 0.6 is 0 Å². The number of sulfonamides is 1. The highest BCUT2D eigenvalue weighted by atomic mass is 32.2. The number of carbonyl (C=O) groups excluding carboxylic acids is 4. The average molecular weight is 745 g/mol. The van der Waals surface area contributed by atoms with E-state index < -0.39 is 39.7 Å². The lowest BCUT2D eigenvalue weighted by molar-refractivity contribution is -0.136. The summed E-state index contributed by atoms with van der Waals surface area (Å²) < 4.78 is 38.9. The van der Waals surface area contributed by atoms with Crippen molar-refractivity contribution in [3.8, 4) is 11.8 Å². The van der Waals surface area contributed by atoms with Crippen molar-refractivity contribution in [3.05, 3.63) is 59.4 Å². The van der Waals surface area contributed by atoms with Gasteiger partial charge >= 0.3 is 0 Å². The van der Waals surface area contributed by atoms with Gasteiger partial charge in [-0.05, 0) is 68.5 Å². The fourth-order valence-corrected chi connectivity index (χ4v) is 8.83. The number of imide groups is 2. The summed E-state index contributed by atoms with van der Waals surface area (Å²) in [5, 5.41) is 15.9. The molecule has 3 fully saturated rings. The van der Waals surface area contributed by atoms with Gasteiger partial charge in [0.1, 0.15) is 30.5 Å². The number of piperidine rings is 1. The molecule has 2 saturated heterocycles. The largest absolute Gasteiger partial charge is 0.491 e. The van der Waals surface area contributed by atoms with Gasteiger partial charge in [-0.2, -0.15) is 9.57 Å². The SMILES string of the molecule is N#Cc1ccc2ncnc(NC3CCC(N4CCN(S(=O)(=O)CCOCCOc5ccc6c(c5)C(=O)N(C5CCC(=O)NC5=O)C6=O)CC4)CC3)c2c1. The molecule has 4 heterocycles. The lowest BCUT2D eigenvalue weighted by Gasteiger charge is -2.41. The number of rotatable bonds is 12. The van der Waals surface area contributed by atoms with Gasteiger partial charge in [0.2, 0.25) is 21.8 Å². The van der Waals surface area contributed by atoms with E-state index in [0.717, 1.165) is 47.3 Å². The highest BCUT2D eigenvalue weighted by Crippen LogP contribution is 2.31. The third-order valence-corrected chi connectivity index (χ3v) is 12.2. The number of piperazine rings is 1. The molecule has 0 radical (unpaired) electrons. The number of hydrogen-bond acceptors (Lipinski definition) is 13. The number of nitriles is 1. The number of amides is 4. The Bertz CT molecular complexity index is 2070. The first-order chi connectivity index (χ1) is 25.6. The highest BCUT2D eigenvalue weighted by molar-refractivity contribution is 7.89. The summed E-state index contributed by atoms with van der Waals surface area (Å²) >= 11 is 0. The van der Waals surface area contributed by atoms with E-state index in [1.165, 1.54) is 22.8 Å². The minimum atomic E-state index is -3.51. The van der Waals surface area contributed by atoms with Gasteiger partial charge in [0.15, 0.2) is 0 Å². The Hall–Kier alpha value is -5.02. The van der Waals surface area contributed by atoms with Crippen LogP contribution in [-0.4, -0.2) is 126 Å². The summed E-state index contributed by atoms with van der Waals surface area (Å²) in [6.07, 6.45) is 5.55. The Morgan fingerprint density at radius 2 is 1.66 bits per heavy atom. The second-order valence-electron chi connectivity index (χ2n) is 13.6. The number of hydrogen-bond donors (Lipinski definition) is 2. The second kappa shape index (κ2) is 15.5. The van der Waals surface area contributed by atoms with Crippen molar-refractivity contribution in [2.24, 2.45) is 0 Å². The van der Waals surface area contributed by atoms with Crippen LogP contribution in [0.1, 0.15) is 64.8 Å². The first-order valence-electron chi connectivity index (χ1n) is 17.8. The fraction of sp³-hybridized carbons (Fsp3) is 0.472. The van der Waals surface area contributed by atoms with Gasteiger partial charge in [0, 0.05) is 50.1 Å². The monoisotopic (exact) mass is 744 g/mol. The van der Waals surface area contributed by atoms with Gasteiger partial charge in [-0.3, -0.25) is 34.3 Å². The summed E-state index contributed by atoms with van der Waals surface area (Å²) in [5.74, 6) is -1.43. The molecule has 7 rings (SSSR count). The van der Waals surface area contributed by atoms with E-state index in [0.29, 0.717) is 43.5 Å². The molecular weight excluding hydrogens is 705 g/mol. The molecule has 1 unspecified atom stereocenters. The van der Waals surface area contributed by atoms with Crippen molar-refractivity contribution >= 4 is 50.4 Å². The summed E-state index contributed by atoms with van der Waals surface area (Å²) in [6.45, 7) is 2.40. The molecule has 0 spiro atoms. The second-order valence-corrected chi connectivity index (χ2v) is 15.7. The van der Waals surface area contributed by atoms with Crippen LogP contribution in [0.5, 0.6) is 5.75 Å². The number of nitrogens with zero attached hydrogens (tertiary/aromatic N) is 6. The van der Waals surface area contributed by atoms with Crippen LogP contribution in [0.4, 0.5) is 5.82 Å². The van der Waals surface area contributed by atoms with Crippen molar-refractivity contribution in [3.63, 3.8) is 0 Å². The Morgan fingerprint density at radius 1 is 0.887 bits per heavy atom. The van der Waals surface area contributed by atoms with E-state index in [1.807, 2.05) is 12.1 Å². The average Bonchev–Trinajstić information content (AvgIpc) is 3.41. The van der Waals surface area contributed by atoms with Crippen molar-refractivity contribution in [1.29, 1.82) is 5.26 Å². The highest BCUT2D eigenvalue weighted by Gasteiger charge is 2.44. The quantitative estimate of drug-likeness (QED) is 0.200. The molecule has 3 aromatic rings. The Kier molecular flexibility index (Phi) is 10.6. The number of aromatic nitrogens is 2. The van der Waals surface area contributed by atoms with Gasteiger partial charge in [0.25, 0.3) is 11.8 Å². The van der Waals surface area contributed by atoms with E-state index in [9.17, 15) is 32.9 Å². The third kappa shape index (κ3) is 7.86. The maximum Gasteiger partial charge on any atom is 0.262 e. The molecule has 1 atom stereocenters. The standard InChI is InChI=1S/C36H40N8O8S/c37-21-23-1-8-30-29(19-23)33(39-22-38-30)40-24-2-4-25(5-3-24)42-11-13-43(14-12-42)53(49,50)18-17-51-15-16-52-26-6-7-27-28(20-26)36(48)44(35(27)47)31-9-10-32(45)41-34(31)46/h1,6-8,19-20,22,24-25,31H,2-5,9-18H2,(H,38,39,40)(H,41,45,46). The van der Waals surface area contributed by atoms with Crippen LogP contribution in [-0.2, 0) is 24.3 Å². The molecule has 53 heavy (non-hydrogen) atoms. The molecule has 1 aliphatic carbocycles. The predicted molar refractivity (Wildman–Crippen MR) is 190 cm³/mol. The maximum atomic E-state index is 13.1. The molecule has 16 nitrogen and oxygen atoms in total. The zero-order chi connectivity index (χ0) is 37.1. The lowest BCUT2D eigenvalue weighted by atomic mass is 9.89. The zero-order valence-corrected chi connectivity index (χ0v) is 29.8. The zero-order valence-electron chi connectivity index (χ0n) is 29.0. The van der Waals surface area contributed by atoms with Crippen LogP contribution < -0.4 is 15.4 Å². The minimum absolute atomic E-state index is 0.000453. The Morgan fingerprint density at radius 3 is 2.42 bits per heavy atom. The molecule has 4 amide bonds. The summed E-state index contributed by atoms with van der Waals surface area (Å²) in [5.41, 5.74) is 1.62. The lowest BCUT2D eigenvalue weighted by Crippen LogP contribution is -2.54. The van der Waals surface area contributed by atoms with Gasteiger partial charge in [0.05, 0.1) is 47.2 Å². The van der Waals surface area contributed by atoms with Crippen LogP contribution in [0.25, 0.3) is 10.9 Å². The molecular formula is C36H40N8O8S. The summed E-state index contributed by atoms with van der Waals surface area (Å²) in [6, 6.07) is 11.6. The molecule has 0 bridgehead atoms. The summed E-state index contributed by atoms with van der Waals surface area (Å²) in [7, 11) is -3.51.